The van der Waals surface area contributed by atoms with E-state index in [1.165, 1.54) is 32.1 Å². The number of carboxylic acid groups (broad SMARTS) is 2. The number of piperazine rings is 1. The molecule has 1 aliphatic carbocycles. The largest absolute Gasteiger partial charge is 0.473 e. The van der Waals surface area contributed by atoms with Crippen molar-refractivity contribution in [3.05, 3.63) is 22.4 Å². The fraction of sp³-hybridized carbons (Fsp3) is 0.588. The van der Waals surface area contributed by atoms with Gasteiger partial charge >= 0.3 is 11.9 Å². The van der Waals surface area contributed by atoms with Crippen molar-refractivity contribution >= 4 is 29.2 Å². The quantitative estimate of drug-likeness (QED) is 0.775. The third-order valence-electron chi connectivity index (χ3n) is 4.61. The molecule has 0 aromatic carbocycles. The molecule has 0 bridgehead atoms. The summed E-state index contributed by atoms with van der Waals surface area (Å²) in [4.78, 5) is 36.0. The lowest BCUT2D eigenvalue weighted by Gasteiger charge is -2.40. The van der Waals surface area contributed by atoms with Crippen molar-refractivity contribution in [2.24, 2.45) is 0 Å². The molecule has 1 saturated heterocycles. The number of carboxylic acids is 2. The lowest BCUT2D eigenvalue weighted by molar-refractivity contribution is -0.159. The normalized spacial score (nSPS) is 19.0. The van der Waals surface area contributed by atoms with E-state index in [2.05, 4.69) is 4.90 Å². The van der Waals surface area contributed by atoms with Gasteiger partial charge in [0, 0.05) is 32.2 Å². The van der Waals surface area contributed by atoms with Gasteiger partial charge < -0.3 is 15.1 Å². The number of amides is 1. The molecule has 1 amide bonds. The third kappa shape index (κ3) is 5.82. The zero-order chi connectivity index (χ0) is 18.2. The van der Waals surface area contributed by atoms with Crippen molar-refractivity contribution < 1.29 is 24.6 Å². The SMILES string of the molecule is O=C(O)C(=O)O.O=C(c1cccs1)N1CCN(C2CCCCC2)CC1. The fourth-order valence-electron chi connectivity index (χ4n) is 3.29. The number of rotatable bonds is 2. The van der Waals surface area contributed by atoms with Crippen LogP contribution in [-0.2, 0) is 9.59 Å². The summed E-state index contributed by atoms with van der Waals surface area (Å²) in [6, 6.07) is 4.67. The highest BCUT2D eigenvalue weighted by molar-refractivity contribution is 7.12. The number of carbonyl (C=O) groups is 3. The molecule has 0 atom stereocenters. The fourth-order valence-corrected chi connectivity index (χ4v) is 3.98. The van der Waals surface area contributed by atoms with E-state index >= 15 is 0 Å². The molecule has 2 N–H and O–H groups in total. The molecule has 0 spiro atoms. The van der Waals surface area contributed by atoms with Crippen LogP contribution in [0.1, 0.15) is 41.8 Å². The molecule has 25 heavy (non-hydrogen) atoms. The van der Waals surface area contributed by atoms with Gasteiger partial charge in [-0.25, -0.2) is 9.59 Å². The number of thiophene rings is 1. The molecular weight excluding hydrogens is 344 g/mol. The van der Waals surface area contributed by atoms with Crippen molar-refractivity contribution in [1.29, 1.82) is 0 Å². The predicted octanol–water partition coefficient (Wildman–Crippen LogP) is 1.99. The second kappa shape index (κ2) is 9.53. The summed E-state index contributed by atoms with van der Waals surface area (Å²) in [5.74, 6) is -3.43. The first-order valence-electron chi connectivity index (χ1n) is 8.52. The maximum atomic E-state index is 12.3. The smallest absolute Gasteiger partial charge is 0.414 e. The molecular formula is C17H24N2O5S. The van der Waals surface area contributed by atoms with E-state index in [1.54, 1.807) is 11.3 Å². The highest BCUT2D eigenvalue weighted by atomic mass is 32.1. The van der Waals surface area contributed by atoms with Gasteiger partial charge in [-0.1, -0.05) is 25.3 Å². The first-order chi connectivity index (χ1) is 12.0. The molecule has 7 nitrogen and oxygen atoms in total. The third-order valence-corrected chi connectivity index (χ3v) is 5.47. The number of carbonyl (C=O) groups excluding carboxylic acids is 1. The number of hydrogen-bond acceptors (Lipinski definition) is 5. The van der Waals surface area contributed by atoms with Gasteiger partial charge in [0.2, 0.25) is 0 Å². The summed E-state index contributed by atoms with van der Waals surface area (Å²) >= 11 is 1.55. The van der Waals surface area contributed by atoms with Gasteiger partial charge in [-0.15, -0.1) is 11.3 Å². The maximum absolute atomic E-state index is 12.3. The minimum absolute atomic E-state index is 0.221. The van der Waals surface area contributed by atoms with Crippen molar-refractivity contribution in [3.63, 3.8) is 0 Å². The van der Waals surface area contributed by atoms with Crippen LogP contribution in [0.4, 0.5) is 0 Å². The Morgan fingerprint density at radius 2 is 1.56 bits per heavy atom. The standard InChI is InChI=1S/C15H22N2OS.C2H2O4/c18-15(14-7-4-12-19-14)17-10-8-16(9-11-17)13-5-2-1-3-6-13;3-1(4)2(5)6/h4,7,12-13H,1-3,5-6,8-11H2;(H,3,4)(H,5,6). The average Bonchev–Trinajstić information content (AvgIpc) is 3.17. The molecule has 8 heteroatoms. The Bertz CT molecular complexity index is 564. The van der Waals surface area contributed by atoms with Crippen LogP contribution < -0.4 is 0 Å². The maximum Gasteiger partial charge on any atom is 0.414 e. The van der Waals surface area contributed by atoms with Crippen molar-refractivity contribution in [2.45, 2.75) is 38.1 Å². The topological polar surface area (TPSA) is 98.1 Å². The molecule has 138 valence electrons. The summed E-state index contributed by atoms with van der Waals surface area (Å²) < 4.78 is 0. The molecule has 2 aliphatic rings. The zero-order valence-corrected chi connectivity index (χ0v) is 14.9. The van der Waals surface area contributed by atoms with Crippen LogP contribution in [0, 0.1) is 0 Å². The van der Waals surface area contributed by atoms with Gasteiger partial charge in [-0.05, 0) is 24.3 Å². The van der Waals surface area contributed by atoms with Gasteiger partial charge in [-0.2, -0.15) is 0 Å². The summed E-state index contributed by atoms with van der Waals surface area (Å²) in [5, 5.41) is 16.8. The Morgan fingerprint density at radius 3 is 2.04 bits per heavy atom. The summed E-state index contributed by atoms with van der Waals surface area (Å²) in [6.07, 6.45) is 6.91. The number of hydrogen-bond donors (Lipinski definition) is 2. The second-order valence-corrected chi connectivity index (χ2v) is 7.16. The molecule has 0 radical (unpaired) electrons. The highest BCUT2D eigenvalue weighted by Gasteiger charge is 2.27. The van der Waals surface area contributed by atoms with Gasteiger partial charge in [0.1, 0.15) is 0 Å². The average molecular weight is 368 g/mol. The lowest BCUT2D eigenvalue weighted by Crippen LogP contribution is -2.52. The molecule has 3 rings (SSSR count). The van der Waals surface area contributed by atoms with E-state index < -0.39 is 11.9 Å². The Morgan fingerprint density at radius 1 is 0.960 bits per heavy atom. The van der Waals surface area contributed by atoms with E-state index in [-0.39, 0.29) is 5.91 Å². The van der Waals surface area contributed by atoms with Crippen molar-refractivity contribution in [3.8, 4) is 0 Å². The number of nitrogens with zero attached hydrogens (tertiary/aromatic N) is 2. The first-order valence-corrected chi connectivity index (χ1v) is 9.40. The summed E-state index contributed by atoms with van der Waals surface area (Å²) in [5.41, 5.74) is 0. The molecule has 2 heterocycles. The van der Waals surface area contributed by atoms with Gasteiger partial charge in [0.25, 0.3) is 5.91 Å². The van der Waals surface area contributed by atoms with Crippen LogP contribution in [0.5, 0.6) is 0 Å². The van der Waals surface area contributed by atoms with Gasteiger partial charge in [0.15, 0.2) is 0 Å². The molecule has 1 aliphatic heterocycles. The Balaban J connectivity index is 0.000000326. The van der Waals surface area contributed by atoms with Crippen LogP contribution in [0.25, 0.3) is 0 Å². The van der Waals surface area contributed by atoms with Crippen LogP contribution in [0.15, 0.2) is 17.5 Å². The van der Waals surface area contributed by atoms with E-state index in [9.17, 15) is 4.79 Å². The van der Waals surface area contributed by atoms with Crippen molar-refractivity contribution in [1.82, 2.24) is 9.80 Å². The van der Waals surface area contributed by atoms with E-state index in [0.717, 1.165) is 37.1 Å². The predicted molar refractivity (Wildman–Crippen MR) is 93.9 cm³/mol. The van der Waals surface area contributed by atoms with E-state index in [0.29, 0.717) is 0 Å². The Labute approximate surface area is 150 Å². The van der Waals surface area contributed by atoms with Crippen LogP contribution in [-0.4, -0.2) is 70.1 Å². The molecule has 1 saturated carbocycles. The second-order valence-electron chi connectivity index (χ2n) is 6.21. The monoisotopic (exact) mass is 368 g/mol. The molecule has 1 aromatic rings. The van der Waals surface area contributed by atoms with Crippen LogP contribution in [0.2, 0.25) is 0 Å². The van der Waals surface area contributed by atoms with Gasteiger partial charge in [0.05, 0.1) is 4.88 Å². The molecule has 2 fully saturated rings. The van der Waals surface area contributed by atoms with Crippen LogP contribution >= 0.6 is 11.3 Å². The Kier molecular flexibility index (Phi) is 7.39. The van der Waals surface area contributed by atoms with E-state index in [1.807, 2.05) is 22.4 Å². The number of aliphatic carboxylic acids is 2. The zero-order valence-electron chi connectivity index (χ0n) is 14.1. The summed E-state index contributed by atoms with van der Waals surface area (Å²) in [6.45, 7) is 3.91. The minimum Gasteiger partial charge on any atom is -0.473 e. The van der Waals surface area contributed by atoms with E-state index in [4.69, 9.17) is 19.8 Å². The van der Waals surface area contributed by atoms with Crippen molar-refractivity contribution in [2.75, 3.05) is 26.2 Å². The summed E-state index contributed by atoms with van der Waals surface area (Å²) in [7, 11) is 0. The van der Waals surface area contributed by atoms with Gasteiger partial charge in [-0.3, -0.25) is 9.69 Å². The molecule has 0 unspecified atom stereocenters. The highest BCUT2D eigenvalue weighted by Crippen LogP contribution is 2.24. The molecule has 1 aromatic heterocycles. The lowest BCUT2D eigenvalue weighted by atomic mass is 9.94. The minimum atomic E-state index is -1.82. The van der Waals surface area contributed by atoms with Crippen LogP contribution in [0.3, 0.4) is 0 Å². The Hall–Kier alpha value is -1.93. The first kappa shape index (κ1) is 19.4.